The Bertz CT molecular complexity index is 1840. The van der Waals surface area contributed by atoms with Crippen LogP contribution in [0.25, 0.3) is 22.4 Å². The molecule has 0 bridgehead atoms. The van der Waals surface area contributed by atoms with Crippen molar-refractivity contribution in [1.82, 2.24) is 33.1 Å². The average Bonchev–Trinajstić information content (AvgIpc) is 3.46. The minimum absolute atomic E-state index is 0.0127. The lowest BCUT2D eigenvalue weighted by atomic mass is 10.0. The molecular weight excluding hydrogens is 587 g/mol. The van der Waals surface area contributed by atoms with E-state index >= 15 is 0 Å². The first-order valence-electron chi connectivity index (χ1n) is 14.9. The summed E-state index contributed by atoms with van der Waals surface area (Å²) < 4.78 is 44.9. The molecule has 14 heteroatoms. The first kappa shape index (κ1) is 30.4. The zero-order chi connectivity index (χ0) is 31.3. The monoisotopic (exact) mass is 626 g/mol. The Hall–Kier alpha value is -3.59. The number of piperidine rings is 1. The van der Waals surface area contributed by atoms with Gasteiger partial charge in [0.1, 0.15) is 11.6 Å². The lowest BCUT2D eigenvalue weighted by Gasteiger charge is -2.33. The van der Waals surface area contributed by atoms with E-state index in [1.807, 2.05) is 35.7 Å². The van der Waals surface area contributed by atoms with Crippen molar-refractivity contribution in [3.05, 3.63) is 64.0 Å². The van der Waals surface area contributed by atoms with Gasteiger partial charge in [0.15, 0.2) is 5.65 Å². The maximum Gasteiger partial charge on any atom is 0.330 e. The first-order valence-corrected chi connectivity index (χ1v) is 16.7. The highest BCUT2D eigenvalue weighted by Gasteiger charge is 2.31. The molecule has 4 aromatic rings. The summed E-state index contributed by atoms with van der Waals surface area (Å²) in [7, 11) is 2.23. The molecular formula is C30H39FN8O4S. The fraction of sp³-hybridized carbons (Fsp3) is 0.500. The highest BCUT2D eigenvalue weighted by molar-refractivity contribution is 7.88. The summed E-state index contributed by atoms with van der Waals surface area (Å²) in [4.78, 5) is 22.1. The van der Waals surface area contributed by atoms with Crippen molar-refractivity contribution in [3.8, 4) is 11.3 Å². The van der Waals surface area contributed by atoms with Crippen LogP contribution in [0.4, 0.5) is 10.2 Å². The smallest absolute Gasteiger partial charge is 0.330 e. The summed E-state index contributed by atoms with van der Waals surface area (Å²) in [6.45, 7) is 2.66. The number of halogens is 1. The van der Waals surface area contributed by atoms with Crippen molar-refractivity contribution in [2.75, 3.05) is 51.4 Å². The van der Waals surface area contributed by atoms with E-state index in [4.69, 9.17) is 10.1 Å². The Morgan fingerprint density at radius 2 is 1.77 bits per heavy atom. The molecule has 2 aliphatic rings. The number of imidazole rings is 1. The van der Waals surface area contributed by atoms with Crippen molar-refractivity contribution in [1.29, 1.82) is 0 Å². The number of pyridine rings is 1. The normalized spacial score (nSPS) is 17.7. The molecule has 0 radical (unpaired) electrons. The summed E-state index contributed by atoms with van der Waals surface area (Å²) in [5.41, 5.74) is 4.40. The minimum Gasteiger partial charge on any atom is -0.390 e. The van der Waals surface area contributed by atoms with Crippen LogP contribution in [-0.2, 0) is 36.6 Å². The van der Waals surface area contributed by atoms with Crippen molar-refractivity contribution >= 4 is 27.0 Å². The average molecular weight is 627 g/mol. The number of sulfonamides is 1. The number of aryl methyl sites for hydroxylation is 1. The summed E-state index contributed by atoms with van der Waals surface area (Å²) in [6.07, 6.45) is 2.47. The molecule has 12 nitrogen and oxygen atoms in total. The third kappa shape index (κ3) is 5.78. The number of aromatic nitrogens is 5. The summed E-state index contributed by atoms with van der Waals surface area (Å²) >= 11 is 0. The molecule has 1 N–H and O–H groups in total. The van der Waals surface area contributed by atoms with Gasteiger partial charge in [-0.3, -0.25) is 13.8 Å². The van der Waals surface area contributed by atoms with Crippen LogP contribution in [-0.4, -0.2) is 99.3 Å². The molecule has 44 heavy (non-hydrogen) atoms. The Morgan fingerprint density at radius 1 is 1.07 bits per heavy atom. The van der Waals surface area contributed by atoms with Gasteiger partial charge in [-0.25, -0.2) is 22.6 Å². The SMILES string of the molecule is CN(C)c1ccc2c(n1)n(C1CCN(C[C@H](O)Cn3nc(-c4ccc(F)cc4)c4c3CCN(S(C)(=O)=O)C4)CC1)c(=O)n2C. The molecule has 1 saturated heterocycles. The van der Waals surface area contributed by atoms with Gasteiger partial charge in [0, 0.05) is 83.2 Å². The summed E-state index contributed by atoms with van der Waals surface area (Å²) in [5.74, 6) is 0.434. The van der Waals surface area contributed by atoms with Crippen LogP contribution in [0.1, 0.15) is 30.1 Å². The second-order valence-corrected chi connectivity index (χ2v) is 14.1. The molecule has 1 atom stereocenters. The molecule has 1 aromatic carbocycles. The minimum atomic E-state index is -3.40. The maximum atomic E-state index is 13.6. The second-order valence-electron chi connectivity index (χ2n) is 12.1. The molecule has 0 unspecified atom stereocenters. The lowest BCUT2D eigenvalue weighted by molar-refractivity contribution is 0.0762. The number of β-amino-alcohol motifs (C(OH)–C–C–N with tert-alkyl or cyclic N) is 1. The number of hydrogen-bond acceptors (Lipinski definition) is 8. The molecule has 5 heterocycles. The quantitative estimate of drug-likeness (QED) is 0.315. The van der Waals surface area contributed by atoms with Crippen molar-refractivity contribution in [2.24, 2.45) is 7.05 Å². The Balaban J connectivity index is 1.16. The third-order valence-electron chi connectivity index (χ3n) is 8.84. The van der Waals surface area contributed by atoms with Crippen LogP contribution in [0.5, 0.6) is 0 Å². The van der Waals surface area contributed by atoms with E-state index in [2.05, 4.69) is 4.90 Å². The Kier molecular flexibility index (Phi) is 8.11. The zero-order valence-corrected chi connectivity index (χ0v) is 26.3. The number of rotatable bonds is 8. The van der Waals surface area contributed by atoms with Gasteiger partial charge < -0.3 is 14.9 Å². The molecule has 0 spiro atoms. The van der Waals surface area contributed by atoms with E-state index in [0.29, 0.717) is 36.4 Å². The number of hydrogen-bond donors (Lipinski definition) is 1. The van der Waals surface area contributed by atoms with Gasteiger partial charge in [0.25, 0.3) is 0 Å². The zero-order valence-electron chi connectivity index (χ0n) is 25.5. The molecule has 2 aliphatic heterocycles. The highest BCUT2D eigenvalue weighted by atomic mass is 32.2. The molecule has 0 amide bonds. The number of anilines is 1. The van der Waals surface area contributed by atoms with Gasteiger partial charge in [0.2, 0.25) is 10.0 Å². The molecule has 1 fully saturated rings. The number of nitrogens with zero attached hydrogens (tertiary/aromatic N) is 8. The van der Waals surface area contributed by atoms with Gasteiger partial charge in [-0.2, -0.15) is 9.40 Å². The Labute approximate surface area is 256 Å². The van der Waals surface area contributed by atoms with Crippen molar-refractivity contribution in [3.63, 3.8) is 0 Å². The van der Waals surface area contributed by atoms with Gasteiger partial charge in [-0.15, -0.1) is 0 Å². The predicted octanol–water partition coefficient (Wildman–Crippen LogP) is 1.82. The fourth-order valence-electron chi connectivity index (χ4n) is 6.46. The van der Waals surface area contributed by atoms with Crippen molar-refractivity contribution in [2.45, 2.75) is 44.5 Å². The van der Waals surface area contributed by atoms with Gasteiger partial charge in [0.05, 0.1) is 30.1 Å². The van der Waals surface area contributed by atoms with Crippen LogP contribution in [0.15, 0.2) is 41.2 Å². The van der Waals surface area contributed by atoms with Crippen LogP contribution < -0.4 is 10.6 Å². The van der Waals surface area contributed by atoms with Crippen LogP contribution in [0.2, 0.25) is 0 Å². The highest BCUT2D eigenvalue weighted by Crippen LogP contribution is 2.32. The van der Waals surface area contributed by atoms with E-state index in [9.17, 15) is 22.7 Å². The van der Waals surface area contributed by atoms with Gasteiger partial charge in [-0.05, 0) is 49.2 Å². The number of aliphatic hydroxyl groups excluding tert-OH is 1. The van der Waals surface area contributed by atoms with E-state index in [0.717, 1.165) is 48.5 Å². The molecule has 0 aliphatic carbocycles. The predicted molar refractivity (Wildman–Crippen MR) is 167 cm³/mol. The number of likely N-dealkylation sites (tertiary alicyclic amines) is 1. The first-order chi connectivity index (χ1) is 20.9. The summed E-state index contributed by atoms with van der Waals surface area (Å²) in [6, 6.07) is 9.87. The second kappa shape index (κ2) is 11.7. The van der Waals surface area contributed by atoms with E-state index in [-0.39, 0.29) is 30.6 Å². The third-order valence-corrected chi connectivity index (χ3v) is 10.1. The number of aliphatic hydroxyl groups is 1. The maximum absolute atomic E-state index is 13.6. The molecule has 0 saturated carbocycles. The lowest BCUT2D eigenvalue weighted by Crippen LogP contribution is -2.42. The standard InChI is InChI=1S/C30H39FN8O4S/c1-34(2)27-10-9-26-29(32-27)39(30(41)35(26)3)22-11-14-36(15-12-22)17-23(40)18-38-25-13-16-37(44(4,42)43)19-24(25)28(33-38)20-5-7-21(31)8-6-20/h5-10,22-23,40H,11-19H2,1-4H3/t23-/m0/s1. The van der Waals surface area contributed by atoms with E-state index < -0.39 is 16.1 Å². The van der Waals surface area contributed by atoms with E-state index in [1.165, 1.54) is 22.7 Å². The molecule has 236 valence electrons. The van der Waals surface area contributed by atoms with Gasteiger partial charge in [-0.1, -0.05) is 0 Å². The van der Waals surface area contributed by atoms with E-state index in [1.54, 1.807) is 28.4 Å². The fourth-order valence-corrected chi connectivity index (χ4v) is 7.25. The Morgan fingerprint density at radius 3 is 2.43 bits per heavy atom. The summed E-state index contributed by atoms with van der Waals surface area (Å²) in [5, 5.41) is 16.0. The van der Waals surface area contributed by atoms with Crippen LogP contribution >= 0.6 is 0 Å². The van der Waals surface area contributed by atoms with Crippen LogP contribution in [0.3, 0.4) is 0 Å². The van der Waals surface area contributed by atoms with Crippen LogP contribution in [0, 0.1) is 5.82 Å². The largest absolute Gasteiger partial charge is 0.390 e. The van der Waals surface area contributed by atoms with Crippen molar-refractivity contribution < 1.29 is 17.9 Å². The molecule has 3 aromatic heterocycles. The number of benzene rings is 1. The molecule has 6 rings (SSSR count). The topological polar surface area (TPSA) is 122 Å². The number of fused-ring (bicyclic) bond motifs is 2. The van der Waals surface area contributed by atoms with Gasteiger partial charge >= 0.3 is 5.69 Å².